The zero-order valence-corrected chi connectivity index (χ0v) is 11.4. The highest BCUT2D eigenvalue weighted by Gasteiger charge is 2.13. The van der Waals surface area contributed by atoms with E-state index in [9.17, 15) is 0 Å². The maximum atomic E-state index is 4.57. The number of rotatable bonds is 4. The van der Waals surface area contributed by atoms with Crippen LogP contribution in [0.15, 0.2) is 17.8 Å². The van der Waals surface area contributed by atoms with Crippen molar-refractivity contribution in [3.8, 4) is 0 Å². The smallest absolute Gasteiger partial charge is 0.193 e. The van der Waals surface area contributed by atoms with Crippen LogP contribution in [0.3, 0.4) is 0 Å². The second-order valence-electron chi connectivity index (χ2n) is 4.44. The highest BCUT2D eigenvalue weighted by atomic mass is 32.2. The van der Waals surface area contributed by atoms with E-state index in [0.29, 0.717) is 0 Å². The molecule has 2 aromatic heterocycles. The van der Waals surface area contributed by atoms with Gasteiger partial charge >= 0.3 is 0 Å². The average molecular weight is 267 g/mol. The molecule has 1 saturated heterocycles. The average Bonchev–Trinajstić information content (AvgIpc) is 2.91. The second kappa shape index (κ2) is 5.42. The van der Waals surface area contributed by atoms with Gasteiger partial charge in [0.25, 0.3) is 0 Å². The van der Waals surface area contributed by atoms with E-state index in [1.54, 1.807) is 11.3 Å². The maximum Gasteiger partial charge on any atom is 0.193 e. The number of hydrogen-bond donors (Lipinski definition) is 1. The fourth-order valence-electron chi connectivity index (χ4n) is 2.19. The lowest BCUT2D eigenvalue weighted by atomic mass is 10.2. The first-order valence-corrected chi connectivity index (χ1v) is 8.08. The third kappa shape index (κ3) is 2.84. The maximum absolute atomic E-state index is 4.57. The molecule has 3 nitrogen and oxygen atoms in total. The van der Waals surface area contributed by atoms with Crippen molar-refractivity contribution in [1.82, 2.24) is 14.7 Å². The molecule has 92 valence electrons. The number of imidazole rings is 1. The Morgan fingerprint density at radius 2 is 2.47 bits per heavy atom. The third-order valence-electron chi connectivity index (χ3n) is 3.10. The summed E-state index contributed by atoms with van der Waals surface area (Å²) in [5, 5.41) is 6.41. The molecule has 17 heavy (non-hydrogen) atoms. The van der Waals surface area contributed by atoms with Gasteiger partial charge in [-0.2, -0.15) is 11.8 Å². The van der Waals surface area contributed by atoms with E-state index in [0.717, 1.165) is 29.0 Å². The number of nitrogens with one attached hydrogen (secondary N) is 1. The molecule has 1 aliphatic rings. The predicted molar refractivity (Wildman–Crippen MR) is 74.9 cm³/mol. The zero-order chi connectivity index (χ0) is 11.5. The van der Waals surface area contributed by atoms with Crippen molar-refractivity contribution in [2.75, 3.05) is 12.3 Å². The first-order valence-electron chi connectivity index (χ1n) is 6.15. The number of hydrogen-bond acceptors (Lipinski definition) is 4. The minimum Gasteiger partial charge on any atom is -0.310 e. The van der Waals surface area contributed by atoms with Gasteiger partial charge < -0.3 is 5.32 Å². The van der Waals surface area contributed by atoms with Gasteiger partial charge in [-0.25, -0.2) is 4.98 Å². The molecule has 0 spiro atoms. The molecule has 1 atom stereocenters. The molecule has 0 amide bonds. The van der Waals surface area contributed by atoms with Crippen molar-refractivity contribution in [3.05, 3.63) is 23.5 Å². The summed E-state index contributed by atoms with van der Waals surface area (Å²) >= 11 is 3.81. The van der Waals surface area contributed by atoms with Crippen molar-refractivity contribution in [2.45, 2.75) is 31.1 Å². The standard InChI is InChI=1S/C12H17N3S2/c1-2-5-16-11(3-1)8-13-7-10-9-15-4-6-17-12(15)14-10/h4,6,9,11,13H,1-3,5,7-8H2. The first-order chi connectivity index (χ1) is 8.42. The van der Waals surface area contributed by atoms with Crippen molar-refractivity contribution < 1.29 is 0 Å². The van der Waals surface area contributed by atoms with Crippen LogP contribution in [0.1, 0.15) is 25.0 Å². The van der Waals surface area contributed by atoms with E-state index in [4.69, 9.17) is 0 Å². The molecule has 0 saturated carbocycles. The Hall–Kier alpha value is -0.520. The van der Waals surface area contributed by atoms with Crippen LogP contribution in [-0.4, -0.2) is 26.9 Å². The molecule has 0 aliphatic carbocycles. The van der Waals surface area contributed by atoms with Crippen LogP contribution in [0, 0.1) is 0 Å². The lowest BCUT2D eigenvalue weighted by Crippen LogP contribution is -2.26. The normalized spacial score (nSPS) is 21.1. The summed E-state index contributed by atoms with van der Waals surface area (Å²) in [7, 11) is 0. The minimum absolute atomic E-state index is 0.812. The van der Waals surface area contributed by atoms with E-state index in [-0.39, 0.29) is 0 Å². The van der Waals surface area contributed by atoms with Gasteiger partial charge in [0.15, 0.2) is 4.96 Å². The highest BCUT2D eigenvalue weighted by molar-refractivity contribution is 7.99. The fraction of sp³-hybridized carbons (Fsp3) is 0.583. The lowest BCUT2D eigenvalue weighted by molar-refractivity contribution is 0.594. The lowest BCUT2D eigenvalue weighted by Gasteiger charge is -2.21. The van der Waals surface area contributed by atoms with Crippen LogP contribution in [0.5, 0.6) is 0 Å². The molecule has 3 heterocycles. The van der Waals surface area contributed by atoms with E-state index in [1.165, 1.54) is 25.0 Å². The second-order valence-corrected chi connectivity index (χ2v) is 6.73. The quantitative estimate of drug-likeness (QED) is 0.923. The molecule has 0 bridgehead atoms. The molecule has 1 aliphatic heterocycles. The van der Waals surface area contributed by atoms with Gasteiger partial charge in [-0.3, -0.25) is 4.40 Å². The summed E-state index contributed by atoms with van der Waals surface area (Å²) in [5.41, 5.74) is 1.15. The van der Waals surface area contributed by atoms with Gasteiger partial charge in [0.2, 0.25) is 0 Å². The van der Waals surface area contributed by atoms with Crippen molar-refractivity contribution >= 4 is 28.1 Å². The van der Waals surface area contributed by atoms with Crippen LogP contribution in [-0.2, 0) is 6.54 Å². The number of thiazole rings is 1. The van der Waals surface area contributed by atoms with E-state index in [1.807, 2.05) is 0 Å². The number of fused-ring (bicyclic) bond motifs is 1. The summed E-state index contributed by atoms with van der Waals surface area (Å²) in [6.45, 7) is 2.02. The third-order valence-corrected chi connectivity index (χ3v) is 5.26. The Balaban J connectivity index is 1.49. The van der Waals surface area contributed by atoms with Crippen molar-refractivity contribution in [1.29, 1.82) is 0 Å². The van der Waals surface area contributed by atoms with E-state index < -0.39 is 0 Å². The van der Waals surface area contributed by atoms with E-state index >= 15 is 0 Å². The van der Waals surface area contributed by atoms with Crippen LogP contribution in [0.25, 0.3) is 4.96 Å². The van der Waals surface area contributed by atoms with Gasteiger partial charge in [0.1, 0.15) is 0 Å². The Kier molecular flexibility index (Phi) is 3.68. The van der Waals surface area contributed by atoms with Gasteiger partial charge in [-0.1, -0.05) is 6.42 Å². The monoisotopic (exact) mass is 267 g/mol. The molecule has 2 aromatic rings. The van der Waals surface area contributed by atoms with Gasteiger partial charge in [-0.05, 0) is 18.6 Å². The Bertz CT molecular complexity index is 442. The van der Waals surface area contributed by atoms with Gasteiger partial charge in [0, 0.05) is 36.1 Å². The highest BCUT2D eigenvalue weighted by Crippen LogP contribution is 2.24. The predicted octanol–water partition coefficient (Wildman–Crippen LogP) is 2.77. The molecular formula is C12H17N3S2. The SMILES string of the molecule is c1cn2cc(CNCC3CCCCS3)nc2s1. The Morgan fingerprint density at radius 3 is 3.29 bits per heavy atom. The molecule has 3 rings (SSSR count). The molecule has 0 aromatic carbocycles. The summed E-state index contributed by atoms with van der Waals surface area (Å²) < 4.78 is 2.09. The molecule has 5 heteroatoms. The summed E-state index contributed by atoms with van der Waals surface area (Å²) in [4.78, 5) is 5.66. The fourth-order valence-corrected chi connectivity index (χ4v) is 4.18. The Labute approximate surface area is 110 Å². The zero-order valence-electron chi connectivity index (χ0n) is 9.76. The number of thioether (sulfide) groups is 1. The van der Waals surface area contributed by atoms with Gasteiger partial charge in [0.05, 0.1) is 5.69 Å². The number of nitrogens with zero attached hydrogens (tertiary/aromatic N) is 2. The molecule has 1 N–H and O–H groups in total. The van der Waals surface area contributed by atoms with Crippen LogP contribution >= 0.6 is 23.1 Å². The molecule has 0 radical (unpaired) electrons. The molecule has 1 fully saturated rings. The summed E-state index contributed by atoms with van der Waals surface area (Å²) in [6, 6.07) is 0. The minimum atomic E-state index is 0.812. The Morgan fingerprint density at radius 1 is 1.47 bits per heavy atom. The van der Waals surface area contributed by atoms with Crippen molar-refractivity contribution in [3.63, 3.8) is 0 Å². The summed E-state index contributed by atoms with van der Waals surface area (Å²) in [6.07, 6.45) is 8.36. The van der Waals surface area contributed by atoms with Crippen LogP contribution in [0.2, 0.25) is 0 Å². The topological polar surface area (TPSA) is 29.3 Å². The number of aromatic nitrogens is 2. The van der Waals surface area contributed by atoms with Crippen LogP contribution < -0.4 is 5.32 Å². The molecule has 1 unspecified atom stereocenters. The largest absolute Gasteiger partial charge is 0.310 e. The summed E-state index contributed by atoms with van der Waals surface area (Å²) in [5.74, 6) is 1.34. The first kappa shape index (κ1) is 11.6. The molecular weight excluding hydrogens is 250 g/mol. The van der Waals surface area contributed by atoms with Crippen molar-refractivity contribution in [2.24, 2.45) is 0 Å². The van der Waals surface area contributed by atoms with E-state index in [2.05, 4.69) is 44.2 Å². The van der Waals surface area contributed by atoms with Crippen LogP contribution in [0.4, 0.5) is 0 Å². The van der Waals surface area contributed by atoms with Gasteiger partial charge in [-0.15, -0.1) is 11.3 Å².